The van der Waals surface area contributed by atoms with E-state index in [4.69, 9.17) is 10.5 Å². The number of hydrogen-bond donors (Lipinski definition) is 1. The lowest BCUT2D eigenvalue weighted by atomic mass is 9.90. The summed E-state index contributed by atoms with van der Waals surface area (Å²) in [5.41, 5.74) is 6.49. The molecule has 1 aliphatic heterocycles. The van der Waals surface area contributed by atoms with Gasteiger partial charge in [-0.2, -0.15) is 0 Å². The van der Waals surface area contributed by atoms with Gasteiger partial charge in [-0.1, -0.05) is 6.92 Å². The van der Waals surface area contributed by atoms with Crippen molar-refractivity contribution < 1.29 is 4.74 Å². The van der Waals surface area contributed by atoms with Crippen LogP contribution in [0.4, 0.5) is 0 Å². The number of ether oxygens (including phenoxy) is 1. The third-order valence-corrected chi connectivity index (χ3v) is 3.84. The predicted octanol–water partition coefficient (Wildman–Crippen LogP) is 2.46. The molecule has 4 unspecified atom stereocenters. The lowest BCUT2D eigenvalue weighted by molar-refractivity contribution is 0.0368. The molecule has 1 heterocycles. The molecule has 0 amide bonds. The van der Waals surface area contributed by atoms with Crippen molar-refractivity contribution in [3.8, 4) is 0 Å². The highest BCUT2D eigenvalue weighted by Crippen LogP contribution is 2.38. The second-order valence-electron chi connectivity index (χ2n) is 5.56. The molecule has 2 aliphatic rings. The Morgan fingerprint density at radius 3 is 2.57 bits per heavy atom. The lowest BCUT2D eigenvalue weighted by Gasteiger charge is -2.27. The molecule has 2 fully saturated rings. The molecule has 0 bridgehead atoms. The van der Waals surface area contributed by atoms with Gasteiger partial charge < -0.3 is 10.5 Å². The molecule has 2 heteroatoms. The monoisotopic (exact) mass is 197 g/mol. The van der Waals surface area contributed by atoms with Crippen LogP contribution in [0.15, 0.2) is 0 Å². The molecule has 0 aromatic carbocycles. The fourth-order valence-corrected chi connectivity index (χ4v) is 3.11. The summed E-state index contributed by atoms with van der Waals surface area (Å²) in [6, 6.07) is 0. The highest BCUT2D eigenvalue weighted by atomic mass is 16.5. The number of nitrogens with two attached hydrogens (primary N) is 1. The maximum Gasteiger partial charge on any atom is 0.0597 e. The second-order valence-corrected chi connectivity index (χ2v) is 5.56. The molecule has 0 radical (unpaired) electrons. The van der Waals surface area contributed by atoms with Crippen molar-refractivity contribution in [3.05, 3.63) is 0 Å². The summed E-state index contributed by atoms with van der Waals surface area (Å²) in [6.45, 7) is 4.48. The summed E-state index contributed by atoms with van der Waals surface area (Å²) in [5, 5.41) is 0. The first-order chi connectivity index (χ1) is 6.57. The van der Waals surface area contributed by atoms with E-state index in [1.807, 2.05) is 0 Å². The average molecular weight is 197 g/mol. The minimum absolute atomic E-state index is 0.0914. The fraction of sp³-hybridized carbons (Fsp3) is 1.00. The van der Waals surface area contributed by atoms with Gasteiger partial charge in [-0.3, -0.25) is 0 Å². The molecular formula is C12H23NO. The Bertz CT molecular complexity index is 206. The Kier molecular flexibility index (Phi) is 2.85. The van der Waals surface area contributed by atoms with E-state index >= 15 is 0 Å². The molecule has 0 aromatic heterocycles. The van der Waals surface area contributed by atoms with E-state index < -0.39 is 0 Å². The summed E-state index contributed by atoms with van der Waals surface area (Å²) >= 11 is 0. The fourth-order valence-electron chi connectivity index (χ4n) is 3.11. The molecule has 2 nitrogen and oxygen atoms in total. The lowest BCUT2D eigenvalue weighted by Crippen LogP contribution is -2.40. The van der Waals surface area contributed by atoms with Crippen molar-refractivity contribution in [1.29, 1.82) is 0 Å². The molecule has 82 valence electrons. The summed E-state index contributed by atoms with van der Waals surface area (Å²) in [6.07, 6.45) is 8.12. The minimum Gasteiger partial charge on any atom is -0.375 e. The summed E-state index contributed by atoms with van der Waals surface area (Å²) in [4.78, 5) is 0. The van der Waals surface area contributed by atoms with Gasteiger partial charge in [0.1, 0.15) is 0 Å². The van der Waals surface area contributed by atoms with Crippen molar-refractivity contribution in [2.24, 2.45) is 11.7 Å². The van der Waals surface area contributed by atoms with Crippen molar-refractivity contribution in [1.82, 2.24) is 0 Å². The van der Waals surface area contributed by atoms with Gasteiger partial charge in [-0.25, -0.2) is 0 Å². The Morgan fingerprint density at radius 1 is 1.29 bits per heavy atom. The molecule has 1 saturated carbocycles. The standard InChI is InChI=1S/C12H23NO/c1-9-5-6-12(13,7-9)8-11-4-3-10(2)14-11/h9-11H,3-8,13H2,1-2H3. The van der Waals surface area contributed by atoms with Gasteiger partial charge >= 0.3 is 0 Å². The summed E-state index contributed by atoms with van der Waals surface area (Å²) < 4.78 is 5.84. The van der Waals surface area contributed by atoms with Crippen LogP contribution in [-0.4, -0.2) is 17.7 Å². The molecule has 2 N–H and O–H groups in total. The van der Waals surface area contributed by atoms with Crippen LogP contribution < -0.4 is 5.73 Å². The molecule has 0 spiro atoms. The van der Waals surface area contributed by atoms with E-state index in [0.29, 0.717) is 12.2 Å². The van der Waals surface area contributed by atoms with Crippen LogP contribution >= 0.6 is 0 Å². The van der Waals surface area contributed by atoms with Gasteiger partial charge in [0.15, 0.2) is 0 Å². The molecule has 14 heavy (non-hydrogen) atoms. The summed E-state index contributed by atoms with van der Waals surface area (Å²) in [7, 11) is 0. The van der Waals surface area contributed by atoms with Crippen molar-refractivity contribution in [2.75, 3.05) is 0 Å². The maximum absolute atomic E-state index is 6.39. The third-order valence-electron chi connectivity index (χ3n) is 3.84. The third kappa shape index (κ3) is 2.29. The van der Waals surface area contributed by atoms with Crippen molar-refractivity contribution >= 4 is 0 Å². The van der Waals surface area contributed by atoms with Crippen LogP contribution in [0.3, 0.4) is 0 Å². The van der Waals surface area contributed by atoms with E-state index in [9.17, 15) is 0 Å². The second kappa shape index (κ2) is 3.82. The Morgan fingerprint density at radius 2 is 2.07 bits per heavy atom. The van der Waals surface area contributed by atoms with Gasteiger partial charge in [-0.05, 0) is 51.4 Å². The summed E-state index contributed by atoms with van der Waals surface area (Å²) in [5.74, 6) is 0.818. The van der Waals surface area contributed by atoms with Gasteiger partial charge in [0.2, 0.25) is 0 Å². The molecule has 4 atom stereocenters. The molecule has 0 aromatic rings. The number of hydrogen-bond acceptors (Lipinski definition) is 2. The molecule has 2 rings (SSSR count). The van der Waals surface area contributed by atoms with Crippen LogP contribution in [0.1, 0.15) is 52.4 Å². The quantitative estimate of drug-likeness (QED) is 0.738. The van der Waals surface area contributed by atoms with Gasteiger partial charge in [-0.15, -0.1) is 0 Å². The van der Waals surface area contributed by atoms with E-state index in [1.165, 1.54) is 32.1 Å². The van der Waals surface area contributed by atoms with Gasteiger partial charge in [0, 0.05) is 5.54 Å². The van der Waals surface area contributed by atoms with Gasteiger partial charge in [0.25, 0.3) is 0 Å². The Hall–Kier alpha value is -0.0800. The van der Waals surface area contributed by atoms with Gasteiger partial charge in [0.05, 0.1) is 12.2 Å². The Labute approximate surface area is 87.2 Å². The molecule has 1 aliphatic carbocycles. The first-order valence-corrected chi connectivity index (χ1v) is 6.02. The maximum atomic E-state index is 6.39. The first kappa shape index (κ1) is 10.4. The van der Waals surface area contributed by atoms with Crippen LogP contribution in [0.2, 0.25) is 0 Å². The topological polar surface area (TPSA) is 35.2 Å². The van der Waals surface area contributed by atoms with Crippen molar-refractivity contribution in [2.45, 2.75) is 70.1 Å². The van der Waals surface area contributed by atoms with Crippen LogP contribution in [-0.2, 0) is 4.74 Å². The van der Waals surface area contributed by atoms with Crippen LogP contribution in [0, 0.1) is 5.92 Å². The highest BCUT2D eigenvalue weighted by molar-refractivity contribution is 4.95. The zero-order valence-electron chi connectivity index (χ0n) is 9.46. The smallest absolute Gasteiger partial charge is 0.0597 e. The first-order valence-electron chi connectivity index (χ1n) is 6.02. The minimum atomic E-state index is 0.0914. The normalized spacial score (nSPS) is 48.6. The van der Waals surface area contributed by atoms with Crippen LogP contribution in [0.5, 0.6) is 0 Å². The van der Waals surface area contributed by atoms with E-state index in [2.05, 4.69) is 13.8 Å². The van der Waals surface area contributed by atoms with Crippen molar-refractivity contribution in [3.63, 3.8) is 0 Å². The SMILES string of the molecule is CC1CCC(N)(CC2CCC(C)O2)C1. The number of rotatable bonds is 2. The largest absolute Gasteiger partial charge is 0.375 e. The predicted molar refractivity (Wildman–Crippen MR) is 58.1 cm³/mol. The zero-order chi connectivity index (χ0) is 10.2. The zero-order valence-corrected chi connectivity index (χ0v) is 9.46. The van der Waals surface area contributed by atoms with Crippen LogP contribution in [0.25, 0.3) is 0 Å². The molecular weight excluding hydrogens is 174 g/mol. The molecule has 1 saturated heterocycles. The Balaban J connectivity index is 1.85. The van der Waals surface area contributed by atoms with E-state index in [0.717, 1.165) is 12.3 Å². The average Bonchev–Trinajstić information content (AvgIpc) is 2.60. The van der Waals surface area contributed by atoms with E-state index in [-0.39, 0.29) is 5.54 Å². The highest BCUT2D eigenvalue weighted by Gasteiger charge is 2.37. The van der Waals surface area contributed by atoms with E-state index in [1.54, 1.807) is 0 Å².